The largest absolute Gasteiger partial charge is 0.322 e. The zero-order valence-electron chi connectivity index (χ0n) is 9.40. The lowest BCUT2D eigenvalue weighted by Gasteiger charge is -2.09. The first-order valence-electron chi connectivity index (χ1n) is 4.78. The fraction of sp³-hybridized carbons (Fsp3) is 0.300. The minimum Gasteiger partial charge on any atom is -0.322 e. The van der Waals surface area contributed by atoms with Gasteiger partial charge in [0.25, 0.3) is 0 Å². The van der Waals surface area contributed by atoms with Crippen molar-refractivity contribution in [3.8, 4) is 0 Å². The van der Waals surface area contributed by atoms with Gasteiger partial charge in [0, 0.05) is 6.26 Å². The molecule has 0 aromatic heterocycles. The predicted molar refractivity (Wildman–Crippen MR) is 61.8 cm³/mol. The van der Waals surface area contributed by atoms with E-state index in [4.69, 9.17) is 5.73 Å². The van der Waals surface area contributed by atoms with Crippen LogP contribution in [0.4, 0.5) is 10.1 Å². The molecule has 0 heterocycles. The summed E-state index contributed by atoms with van der Waals surface area (Å²) < 4.78 is 35.8. The van der Waals surface area contributed by atoms with E-state index in [-0.39, 0.29) is 10.6 Å². The summed E-state index contributed by atoms with van der Waals surface area (Å²) in [5, 5.41) is 2.22. The number of benzene rings is 1. The van der Waals surface area contributed by atoms with Crippen LogP contribution in [0.15, 0.2) is 23.1 Å². The van der Waals surface area contributed by atoms with Crippen molar-refractivity contribution in [3.05, 3.63) is 24.0 Å². The lowest BCUT2D eigenvalue weighted by molar-refractivity contribution is -0.117. The molecule has 7 heteroatoms. The number of carbonyl (C=O) groups excluding carboxylic acids is 1. The van der Waals surface area contributed by atoms with Gasteiger partial charge in [-0.15, -0.1) is 0 Å². The summed E-state index contributed by atoms with van der Waals surface area (Å²) in [6.07, 6.45) is 0.997. The summed E-state index contributed by atoms with van der Waals surface area (Å²) in [4.78, 5) is 11.2. The summed E-state index contributed by atoms with van der Waals surface area (Å²) in [7, 11) is -3.45. The van der Waals surface area contributed by atoms with E-state index in [1.54, 1.807) is 0 Å². The molecule has 1 aromatic carbocycles. The molecule has 0 spiro atoms. The highest BCUT2D eigenvalue weighted by molar-refractivity contribution is 7.90. The number of sulfone groups is 1. The first kappa shape index (κ1) is 13.6. The molecular formula is C10H13FN2O3S. The van der Waals surface area contributed by atoms with Crippen molar-refractivity contribution < 1.29 is 17.6 Å². The Bertz CT molecular complexity index is 540. The summed E-state index contributed by atoms with van der Waals surface area (Å²) in [6, 6.07) is 2.36. The van der Waals surface area contributed by atoms with Crippen LogP contribution in [0.3, 0.4) is 0 Å². The van der Waals surface area contributed by atoms with Gasteiger partial charge in [-0.2, -0.15) is 0 Å². The molecular weight excluding hydrogens is 247 g/mol. The number of rotatable bonds is 3. The second-order valence-corrected chi connectivity index (χ2v) is 5.71. The average molecular weight is 260 g/mol. The molecule has 1 amide bonds. The molecule has 0 bridgehead atoms. The quantitative estimate of drug-likeness (QED) is 0.775. The SMILES string of the molecule is CC(N)C(=O)Nc1cc(S(C)(=O)=O)ccc1F. The molecule has 0 aliphatic heterocycles. The van der Waals surface area contributed by atoms with Crippen LogP contribution in [0.25, 0.3) is 0 Å². The maximum Gasteiger partial charge on any atom is 0.241 e. The van der Waals surface area contributed by atoms with Crippen molar-refractivity contribution in [1.82, 2.24) is 0 Å². The van der Waals surface area contributed by atoms with Crippen LogP contribution in [0, 0.1) is 5.82 Å². The molecule has 1 atom stereocenters. The smallest absolute Gasteiger partial charge is 0.241 e. The topological polar surface area (TPSA) is 89.3 Å². The first-order valence-corrected chi connectivity index (χ1v) is 6.67. The van der Waals surface area contributed by atoms with Crippen LogP contribution in [0.5, 0.6) is 0 Å². The summed E-state index contributed by atoms with van der Waals surface area (Å²) in [5.74, 6) is -1.30. The van der Waals surface area contributed by atoms with E-state index in [1.165, 1.54) is 6.92 Å². The van der Waals surface area contributed by atoms with Gasteiger partial charge in [0.15, 0.2) is 9.84 Å². The maximum absolute atomic E-state index is 13.3. The number of halogens is 1. The number of nitrogens with one attached hydrogen (secondary N) is 1. The fourth-order valence-electron chi connectivity index (χ4n) is 1.08. The fourth-order valence-corrected chi connectivity index (χ4v) is 1.72. The van der Waals surface area contributed by atoms with Gasteiger partial charge >= 0.3 is 0 Å². The molecule has 0 radical (unpaired) electrons. The van der Waals surface area contributed by atoms with Gasteiger partial charge in [0.05, 0.1) is 16.6 Å². The molecule has 94 valence electrons. The average Bonchev–Trinajstić information content (AvgIpc) is 2.19. The van der Waals surface area contributed by atoms with Gasteiger partial charge < -0.3 is 11.1 Å². The molecule has 1 aromatic rings. The van der Waals surface area contributed by atoms with Gasteiger partial charge in [-0.25, -0.2) is 12.8 Å². The van der Waals surface area contributed by atoms with Crippen molar-refractivity contribution in [2.75, 3.05) is 11.6 Å². The number of nitrogens with two attached hydrogens (primary N) is 1. The van der Waals surface area contributed by atoms with Gasteiger partial charge in [-0.05, 0) is 25.1 Å². The van der Waals surface area contributed by atoms with E-state index in [9.17, 15) is 17.6 Å². The molecule has 0 aliphatic carbocycles. The second kappa shape index (κ2) is 4.80. The Hall–Kier alpha value is -1.47. The predicted octanol–water partition coefficient (Wildman–Crippen LogP) is 0.515. The molecule has 0 fully saturated rings. The third-order valence-electron chi connectivity index (χ3n) is 2.04. The molecule has 1 rings (SSSR count). The van der Waals surface area contributed by atoms with Crippen molar-refractivity contribution in [3.63, 3.8) is 0 Å². The number of hydrogen-bond acceptors (Lipinski definition) is 4. The standard InChI is InChI=1S/C10H13FN2O3S/c1-6(12)10(14)13-9-5-7(17(2,15)16)3-4-8(9)11/h3-6H,12H2,1-2H3,(H,13,14). The monoisotopic (exact) mass is 260 g/mol. The van der Waals surface area contributed by atoms with Crippen molar-refractivity contribution >= 4 is 21.4 Å². The van der Waals surface area contributed by atoms with Gasteiger partial charge in [0.1, 0.15) is 5.82 Å². The Kier molecular flexibility index (Phi) is 3.84. The first-order chi connectivity index (χ1) is 7.71. The normalized spacial score (nSPS) is 13.2. The van der Waals surface area contributed by atoms with E-state index in [0.29, 0.717) is 0 Å². The molecule has 17 heavy (non-hydrogen) atoms. The molecule has 1 unspecified atom stereocenters. The Labute approximate surface area is 98.7 Å². The van der Waals surface area contributed by atoms with Crippen molar-refractivity contribution in [2.24, 2.45) is 5.73 Å². The van der Waals surface area contributed by atoms with E-state index in [2.05, 4.69) is 5.32 Å². The summed E-state index contributed by atoms with van der Waals surface area (Å²) >= 11 is 0. The maximum atomic E-state index is 13.3. The van der Waals surface area contributed by atoms with Crippen LogP contribution in [0.2, 0.25) is 0 Å². The highest BCUT2D eigenvalue weighted by Crippen LogP contribution is 2.19. The molecule has 0 saturated carbocycles. The summed E-state index contributed by atoms with van der Waals surface area (Å²) in [5.41, 5.74) is 5.11. The van der Waals surface area contributed by atoms with Gasteiger partial charge in [-0.1, -0.05) is 0 Å². The zero-order chi connectivity index (χ0) is 13.2. The lowest BCUT2D eigenvalue weighted by Crippen LogP contribution is -2.32. The third-order valence-corrected chi connectivity index (χ3v) is 3.15. The Balaban J connectivity index is 3.12. The molecule has 0 aliphatic rings. The zero-order valence-corrected chi connectivity index (χ0v) is 10.2. The molecule has 3 N–H and O–H groups in total. The van der Waals surface area contributed by atoms with Crippen LogP contribution < -0.4 is 11.1 Å². The van der Waals surface area contributed by atoms with E-state index >= 15 is 0 Å². The number of amides is 1. The number of hydrogen-bond donors (Lipinski definition) is 2. The minimum absolute atomic E-state index is 0.0705. The van der Waals surface area contributed by atoms with E-state index < -0.39 is 27.6 Å². The summed E-state index contributed by atoms with van der Waals surface area (Å²) in [6.45, 7) is 1.44. The van der Waals surface area contributed by atoms with Gasteiger partial charge in [0.2, 0.25) is 5.91 Å². The highest BCUT2D eigenvalue weighted by Gasteiger charge is 2.14. The van der Waals surface area contributed by atoms with E-state index in [0.717, 1.165) is 24.5 Å². The van der Waals surface area contributed by atoms with Crippen LogP contribution >= 0.6 is 0 Å². The number of anilines is 1. The Morgan fingerprint density at radius 2 is 2.06 bits per heavy atom. The third kappa shape index (κ3) is 3.50. The van der Waals surface area contributed by atoms with Crippen LogP contribution in [0.1, 0.15) is 6.92 Å². The highest BCUT2D eigenvalue weighted by atomic mass is 32.2. The van der Waals surface area contributed by atoms with Gasteiger partial charge in [-0.3, -0.25) is 4.79 Å². The number of carbonyl (C=O) groups is 1. The minimum atomic E-state index is -3.45. The lowest BCUT2D eigenvalue weighted by atomic mass is 10.2. The van der Waals surface area contributed by atoms with Crippen molar-refractivity contribution in [2.45, 2.75) is 17.9 Å². The molecule has 0 saturated heterocycles. The van der Waals surface area contributed by atoms with Crippen LogP contribution in [-0.2, 0) is 14.6 Å². The Morgan fingerprint density at radius 1 is 1.47 bits per heavy atom. The van der Waals surface area contributed by atoms with Crippen LogP contribution in [-0.4, -0.2) is 26.6 Å². The van der Waals surface area contributed by atoms with E-state index in [1.807, 2.05) is 0 Å². The second-order valence-electron chi connectivity index (χ2n) is 3.69. The molecule has 5 nitrogen and oxygen atoms in total. The van der Waals surface area contributed by atoms with Crippen molar-refractivity contribution in [1.29, 1.82) is 0 Å². The Morgan fingerprint density at radius 3 is 2.53 bits per heavy atom.